The maximum Gasteiger partial charge on any atom is 0.0950 e. The molecule has 0 spiro atoms. The van der Waals surface area contributed by atoms with Gasteiger partial charge in [0.1, 0.15) is 0 Å². The molecule has 56 valence electrons. The molecule has 0 saturated heterocycles. The van der Waals surface area contributed by atoms with Crippen molar-refractivity contribution in [3.05, 3.63) is 35.5 Å². The van der Waals surface area contributed by atoms with E-state index in [1.165, 1.54) is 5.57 Å². The van der Waals surface area contributed by atoms with E-state index in [1.54, 1.807) is 0 Å². The Kier molecular flexibility index (Phi) is 2.68. The molecule has 0 saturated carbocycles. The van der Waals surface area contributed by atoms with Crippen molar-refractivity contribution in [3.63, 3.8) is 0 Å². The van der Waals surface area contributed by atoms with Gasteiger partial charge in [-0.15, -0.1) is 0 Å². The molecule has 1 aliphatic rings. The van der Waals surface area contributed by atoms with Crippen LogP contribution in [0.2, 0.25) is 0 Å². The molecule has 0 aromatic carbocycles. The Morgan fingerprint density at radius 1 is 1.64 bits per heavy atom. The first kappa shape index (κ1) is 7.81. The van der Waals surface area contributed by atoms with Crippen LogP contribution in [0.15, 0.2) is 35.5 Å². The van der Waals surface area contributed by atoms with Crippen LogP contribution in [0.3, 0.4) is 0 Å². The second-order valence-electron chi connectivity index (χ2n) is 2.50. The Bertz CT molecular complexity index is 261. The lowest BCUT2D eigenvalue weighted by atomic mass is 10.1. The predicted molar refractivity (Wildman–Crippen MR) is 45.8 cm³/mol. The van der Waals surface area contributed by atoms with Gasteiger partial charge in [-0.3, -0.25) is 0 Å². The van der Waals surface area contributed by atoms with Gasteiger partial charge in [-0.05, 0) is 12.5 Å². The molecule has 0 heterocycles. The van der Waals surface area contributed by atoms with E-state index in [9.17, 15) is 0 Å². The molecular formula is C10H11N. The molecule has 1 nitrogen and oxygen atoms in total. The molecule has 0 unspecified atom stereocenters. The Morgan fingerprint density at radius 3 is 3.09 bits per heavy atom. The topological polar surface area (TPSA) is 23.8 Å². The fraction of sp³-hybridized carbons (Fsp3) is 0.300. The highest BCUT2D eigenvalue weighted by Gasteiger charge is 1.96. The van der Waals surface area contributed by atoms with E-state index in [0.29, 0.717) is 0 Å². The van der Waals surface area contributed by atoms with Gasteiger partial charge in [-0.2, -0.15) is 5.26 Å². The van der Waals surface area contributed by atoms with Crippen LogP contribution in [0.4, 0.5) is 0 Å². The summed E-state index contributed by atoms with van der Waals surface area (Å²) in [7, 11) is 0. The highest BCUT2D eigenvalue weighted by molar-refractivity contribution is 5.35. The van der Waals surface area contributed by atoms with Gasteiger partial charge in [0.25, 0.3) is 0 Å². The highest BCUT2D eigenvalue weighted by Crippen LogP contribution is 2.12. The lowest BCUT2D eigenvalue weighted by molar-refractivity contribution is 1.12. The standard InChI is InChI=1S/C10H11N/c1-2-9-4-3-5-10(8-11)7-6-9/h3-6H,2,7H2,1H3. The molecule has 11 heavy (non-hydrogen) atoms. The van der Waals surface area contributed by atoms with Crippen molar-refractivity contribution in [2.24, 2.45) is 0 Å². The number of rotatable bonds is 1. The average Bonchev–Trinajstić information content (AvgIpc) is 2.28. The maximum atomic E-state index is 8.59. The Hall–Kier alpha value is -1.29. The number of nitriles is 1. The quantitative estimate of drug-likeness (QED) is 0.556. The molecule has 0 aliphatic heterocycles. The van der Waals surface area contributed by atoms with Crippen molar-refractivity contribution >= 4 is 0 Å². The van der Waals surface area contributed by atoms with Crippen LogP contribution in [0.5, 0.6) is 0 Å². The zero-order valence-electron chi connectivity index (χ0n) is 6.67. The van der Waals surface area contributed by atoms with E-state index in [-0.39, 0.29) is 0 Å². The van der Waals surface area contributed by atoms with Crippen LogP contribution in [0.25, 0.3) is 0 Å². The third kappa shape index (κ3) is 2.09. The third-order valence-electron chi connectivity index (χ3n) is 1.74. The van der Waals surface area contributed by atoms with E-state index in [4.69, 9.17) is 5.26 Å². The summed E-state index contributed by atoms with van der Waals surface area (Å²) in [6.07, 6.45) is 9.82. The van der Waals surface area contributed by atoms with Crippen LogP contribution in [0, 0.1) is 11.3 Å². The van der Waals surface area contributed by atoms with Crippen LogP contribution in [0.1, 0.15) is 19.8 Å². The van der Waals surface area contributed by atoms with Gasteiger partial charge in [0, 0.05) is 12.0 Å². The maximum absolute atomic E-state index is 8.59. The highest BCUT2D eigenvalue weighted by atomic mass is 14.2. The zero-order valence-corrected chi connectivity index (χ0v) is 6.67. The molecule has 0 aromatic heterocycles. The summed E-state index contributed by atoms with van der Waals surface area (Å²) in [5.41, 5.74) is 2.15. The van der Waals surface area contributed by atoms with Crippen molar-refractivity contribution in [1.82, 2.24) is 0 Å². The number of allylic oxidation sites excluding steroid dienone is 6. The van der Waals surface area contributed by atoms with Gasteiger partial charge in [-0.25, -0.2) is 0 Å². The minimum absolute atomic E-state index is 0.784. The molecule has 0 bridgehead atoms. The van der Waals surface area contributed by atoms with Gasteiger partial charge < -0.3 is 0 Å². The minimum atomic E-state index is 0.784. The van der Waals surface area contributed by atoms with Gasteiger partial charge in [0.15, 0.2) is 0 Å². The average molecular weight is 145 g/mol. The number of hydrogen-bond acceptors (Lipinski definition) is 1. The van der Waals surface area contributed by atoms with E-state index < -0.39 is 0 Å². The summed E-state index contributed by atoms with van der Waals surface area (Å²) in [6.45, 7) is 2.12. The summed E-state index contributed by atoms with van der Waals surface area (Å²) in [5, 5.41) is 8.59. The molecule has 0 atom stereocenters. The molecule has 0 aromatic rings. The molecule has 0 N–H and O–H groups in total. The predicted octanol–water partition coefficient (Wildman–Crippen LogP) is 2.73. The minimum Gasteiger partial charge on any atom is -0.193 e. The fourth-order valence-corrected chi connectivity index (χ4v) is 1.01. The lowest BCUT2D eigenvalue weighted by Gasteiger charge is -1.92. The summed E-state index contributed by atoms with van der Waals surface area (Å²) >= 11 is 0. The molecule has 0 fully saturated rings. The third-order valence-corrected chi connectivity index (χ3v) is 1.74. The number of hydrogen-bond donors (Lipinski definition) is 0. The summed E-state index contributed by atoms with van der Waals surface area (Å²) in [6, 6.07) is 2.15. The van der Waals surface area contributed by atoms with Gasteiger partial charge in [-0.1, -0.05) is 30.7 Å². The van der Waals surface area contributed by atoms with Crippen molar-refractivity contribution in [2.45, 2.75) is 19.8 Å². The lowest BCUT2D eigenvalue weighted by Crippen LogP contribution is -1.75. The van der Waals surface area contributed by atoms with Crippen LogP contribution < -0.4 is 0 Å². The van der Waals surface area contributed by atoms with E-state index in [2.05, 4.69) is 25.1 Å². The summed E-state index contributed by atoms with van der Waals surface area (Å²) < 4.78 is 0. The second-order valence-corrected chi connectivity index (χ2v) is 2.50. The van der Waals surface area contributed by atoms with Crippen molar-refractivity contribution in [1.29, 1.82) is 5.26 Å². The molecule has 1 rings (SSSR count). The van der Waals surface area contributed by atoms with Crippen molar-refractivity contribution in [2.75, 3.05) is 0 Å². The summed E-state index contributed by atoms with van der Waals surface area (Å²) in [4.78, 5) is 0. The monoisotopic (exact) mass is 145 g/mol. The van der Waals surface area contributed by atoms with E-state index in [1.807, 2.05) is 12.2 Å². The van der Waals surface area contributed by atoms with Crippen LogP contribution in [-0.2, 0) is 0 Å². The smallest absolute Gasteiger partial charge is 0.0950 e. The number of nitrogens with zero attached hydrogens (tertiary/aromatic N) is 1. The van der Waals surface area contributed by atoms with Crippen LogP contribution in [-0.4, -0.2) is 0 Å². The first-order valence-electron chi connectivity index (χ1n) is 3.83. The van der Waals surface area contributed by atoms with Crippen molar-refractivity contribution < 1.29 is 0 Å². The molecule has 1 heteroatoms. The molecule has 0 radical (unpaired) electrons. The van der Waals surface area contributed by atoms with Crippen LogP contribution >= 0.6 is 0 Å². The zero-order chi connectivity index (χ0) is 8.10. The Balaban J connectivity index is 2.76. The largest absolute Gasteiger partial charge is 0.193 e. The Labute approximate surface area is 67.3 Å². The van der Waals surface area contributed by atoms with Crippen molar-refractivity contribution in [3.8, 4) is 6.07 Å². The fourth-order valence-electron chi connectivity index (χ4n) is 1.01. The van der Waals surface area contributed by atoms with E-state index in [0.717, 1.165) is 18.4 Å². The molecular weight excluding hydrogens is 134 g/mol. The molecule has 0 amide bonds. The van der Waals surface area contributed by atoms with E-state index >= 15 is 0 Å². The summed E-state index contributed by atoms with van der Waals surface area (Å²) in [5.74, 6) is 0. The Morgan fingerprint density at radius 2 is 2.45 bits per heavy atom. The second kappa shape index (κ2) is 3.78. The first-order chi connectivity index (χ1) is 5.36. The van der Waals surface area contributed by atoms with Gasteiger partial charge in [0.2, 0.25) is 0 Å². The first-order valence-corrected chi connectivity index (χ1v) is 3.83. The normalized spacial score (nSPS) is 16.4. The molecule has 1 aliphatic carbocycles. The van der Waals surface area contributed by atoms with Gasteiger partial charge in [0.05, 0.1) is 6.07 Å². The SMILES string of the molecule is CCC1=CCC(C#N)=CC=C1. The van der Waals surface area contributed by atoms with Gasteiger partial charge >= 0.3 is 0 Å².